The van der Waals surface area contributed by atoms with Crippen LogP contribution in [0.25, 0.3) is 0 Å². The number of non-ortho nitro benzene ring substituents is 1. The molecule has 1 amide bonds. The van der Waals surface area contributed by atoms with Crippen molar-refractivity contribution in [2.24, 2.45) is 0 Å². The molecule has 0 saturated heterocycles. The van der Waals surface area contributed by atoms with Gasteiger partial charge in [0.1, 0.15) is 11.5 Å². The van der Waals surface area contributed by atoms with Crippen molar-refractivity contribution < 1.29 is 19.2 Å². The third-order valence-corrected chi connectivity index (χ3v) is 4.24. The minimum absolute atomic E-state index is 0.00908. The van der Waals surface area contributed by atoms with Crippen LogP contribution in [0.3, 0.4) is 0 Å². The molecular weight excluding hydrogens is 338 g/mol. The molecule has 0 aliphatic carbocycles. The normalized spacial score (nSPS) is 15.6. The van der Waals surface area contributed by atoms with Crippen molar-refractivity contribution in [2.45, 2.75) is 12.6 Å². The highest BCUT2D eigenvalue weighted by Gasteiger charge is 2.30. The number of carbonyl (C=O) groups excluding carboxylic acids is 1. The van der Waals surface area contributed by atoms with E-state index in [2.05, 4.69) is 5.32 Å². The number of carbonyl (C=O) groups is 1. The maximum Gasteiger partial charge on any atom is 0.270 e. The Kier molecular flexibility index (Phi) is 4.92. The van der Waals surface area contributed by atoms with Gasteiger partial charge in [0.05, 0.1) is 24.3 Å². The lowest BCUT2D eigenvalue weighted by molar-refractivity contribution is -0.384. The first-order chi connectivity index (χ1) is 12.5. The lowest BCUT2D eigenvalue weighted by Crippen LogP contribution is -2.47. The second kappa shape index (κ2) is 7.30. The minimum atomic E-state index is -0.667. The average Bonchev–Trinajstić information content (AvgIpc) is 2.67. The summed E-state index contributed by atoms with van der Waals surface area (Å²) in [5.41, 5.74) is 1.47. The van der Waals surface area contributed by atoms with E-state index in [0.717, 1.165) is 5.69 Å². The molecule has 136 valence electrons. The molecule has 0 saturated carbocycles. The number of benzene rings is 2. The Hall–Kier alpha value is -3.29. The molecule has 0 bridgehead atoms. The number of rotatable bonds is 5. The van der Waals surface area contributed by atoms with Crippen molar-refractivity contribution >= 4 is 17.3 Å². The van der Waals surface area contributed by atoms with Gasteiger partial charge in [-0.1, -0.05) is 12.1 Å². The molecule has 26 heavy (non-hydrogen) atoms. The standard InChI is InChI=1S/C18H19N3O5/c1-19-18(22)17-11-20(14-5-3-4-6-16(14)26-17)10-12-9-13(21(23)24)7-8-15(12)25-2/h3-9,17H,10-11H2,1-2H3,(H,19,22)/t17-/m1/s1. The molecule has 0 radical (unpaired) electrons. The number of para-hydroxylation sites is 2. The summed E-state index contributed by atoms with van der Waals surface area (Å²) in [6, 6.07) is 11.9. The van der Waals surface area contributed by atoms with E-state index >= 15 is 0 Å². The van der Waals surface area contributed by atoms with Gasteiger partial charge in [-0.25, -0.2) is 0 Å². The maximum absolute atomic E-state index is 12.1. The van der Waals surface area contributed by atoms with Gasteiger partial charge in [0.15, 0.2) is 6.10 Å². The summed E-state index contributed by atoms with van der Waals surface area (Å²) in [6.45, 7) is 0.668. The summed E-state index contributed by atoms with van der Waals surface area (Å²) in [5, 5.41) is 13.7. The topological polar surface area (TPSA) is 93.9 Å². The van der Waals surface area contributed by atoms with Crippen molar-refractivity contribution in [3.63, 3.8) is 0 Å². The smallest absolute Gasteiger partial charge is 0.270 e. The first-order valence-electron chi connectivity index (χ1n) is 8.07. The van der Waals surface area contributed by atoms with Gasteiger partial charge in [-0.2, -0.15) is 0 Å². The fraction of sp³-hybridized carbons (Fsp3) is 0.278. The summed E-state index contributed by atoms with van der Waals surface area (Å²) in [4.78, 5) is 24.7. The first kappa shape index (κ1) is 17.5. The second-order valence-electron chi connectivity index (χ2n) is 5.82. The zero-order valence-electron chi connectivity index (χ0n) is 14.5. The number of nitro groups is 1. The Morgan fingerprint density at radius 3 is 2.85 bits per heavy atom. The third kappa shape index (κ3) is 3.39. The van der Waals surface area contributed by atoms with Gasteiger partial charge in [-0.3, -0.25) is 14.9 Å². The fourth-order valence-corrected chi connectivity index (χ4v) is 2.96. The van der Waals surface area contributed by atoms with Crippen molar-refractivity contribution in [1.82, 2.24) is 5.32 Å². The summed E-state index contributed by atoms with van der Waals surface area (Å²) >= 11 is 0. The number of nitrogens with one attached hydrogen (secondary N) is 1. The number of ether oxygens (including phenoxy) is 2. The second-order valence-corrected chi connectivity index (χ2v) is 5.82. The van der Waals surface area contributed by atoms with Crippen molar-refractivity contribution in [3.05, 3.63) is 58.1 Å². The number of methoxy groups -OCH3 is 1. The molecule has 0 spiro atoms. The molecule has 1 N–H and O–H groups in total. The number of nitrogens with zero attached hydrogens (tertiary/aromatic N) is 2. The largest absolute Gasteiger partial charge is 0.496 e. The van der Waals surface area contributed by atoms with Crippen LogP contribution in [0.1, 0.15) is 5.56 Å². The third-order valence-electron chi connectivity index (χ3n) is 4.24. The molecule has 8 nitrogen and oxygen atoms in total. The highest BCUT2D eigenvalue weighted by Crippen LogP contribution is 2.35. The Labute approximate surface area is 150 Å². The van der Waals surface area contributed by atoms with Crippen LogP contribution in [0.15, 0.2) is 42.5 Å². The van der Waals surface area contributed by atoms with E-state index in [4.69, 9.17) is 9.47 Å². The molecule has 1 atom stereocenters. The van der Waals surface area contributed by atoms with Gasteiger partial charge in [-0.05, 0) is 18.2 Å². The molecular formula is C18H19N3O5. The molecule has 1 aliphatic heterocycles. The summed E-state index contributed by atoms with van der Waals surface area (Å²) in [7, 11) is 3.07. The van der Waals surface area contributed by atoms with Crippen molar-refractivity contribution in [1.29, 1.82) is 0 Å². The molecule has 1 aliphatic rings. The van der Waals surface area contributed by atoms with Gasteiger partial charge in [-0.15, -0.1) is 0 Å². The number of amides is 1. The van der Waals surface area contributed by atoms with Crippen LogP contribution < -0.4 is 19.7 Å². The maximum atomic E-state index is 12.1. The fourth-order valence-electron chi connectivity index (χ4n) is 2.96. The van der Waals surface area contributed by atoms with Crippen LogP contribution in [-0.4, -0.2) is 37.6 Å². The lowest BCUT2D eigenvalue weighted by Gasteiger charge is -2.35. The van der Waals surface area contributed by atoms with Gasteiger partial charge in [0.25, 0.3) is 11.6 Å². The van der Waals surface area contributed by atoms with E-state index in [-0.39, 0.29) is 11.6 Å². The van der Waals surface area contributed by atoms with Crippen LogP contribution in [0.2, 0.25) is 0 Å². The van der Waals surface area contributed by atoms with Crippen LogP contribution in [0.4, 0.5) is 11.4 Å². The van der Waals surface area contributed by atoms with Crippen molar-refractivity contribution in [3.8, 4) is 11.5 Å². The molecule has 0 aromatic heterocycles. The Bertz CT molecular complexity index is 839. The Morgan fingerprint density at radius 1 is 1.38 bits per heavy atom. The van der Waals surface area contributed by atoms with Crippen LogP contribution in [0.5, 0.6) is 11.5 Å². The number of hydrogen-bond acceptors (Lipinski definition) is 6. The summed E-state index contributed by atoms with van der Waals surface area (Å²) in [5.74, 6) is 0.920. The van der Waals surface area contributed by atoms with E-state index in [9.17, 15) is 14.9 Å². The summed E-state index contributed by atoms with van der Waals surface area (Å²) in [6.07, 6.45) is -0.667. The lowest BCUT2D eigenvalue weighted by atomic mass is 10.1. The molecule has 8 heteroatoms. The predicted octanol–water partition coefficient (Wildman–Crippen LogP) is 2.12. The predicted molar refractivity (Wildman–Crippen MR) is 95.6 cm³/mol. The molecule has 2 aromatic carbocycles. The van der Waals surface area contributed by atoms with Crippen LogP contribution in [-0.2, 0) is 11.3 Å². The van der Waals surface area contributed by atoms with Gasteiger partial charge < -0.3 is 19.7 Å². The van der Waals surface area contributed by atoms with Crippen LogP contribution in [0, 0.1) is 10.1 Å². The molecule has 1 heterocycles. The SMILES string of the molecule is CNC(=O)[C@H]1CN(Cc2cc([N+](=O)[O-])ccc2OC)c2ccccc2O1. The van der Waals surface area contributed by atoms with Gasteiger partial charge in [0, 0.05) is 31.3 Å². The Morgan fingerprint density at radius 2 is 2.15 bits per heavy atom. The quantitative estimate of drug-likeness (QED) is 0.651. The van der Waals surface area contributed by atoms with Crippen molar-refractivity contribution in [2.75, 3.05) is 25.6 Å². The average molecular weight is 357 g/mol. The first-order valence-corrected chi connectivity index (χ1v) is 8.07. The number of hydrogen-bond donors (Lipinski definition) is 1. The van der Waals surface area contributed by atoms with E-state index in [1.165, 1.54) is 19.2 Å². The highest BCUT2D eigenvalue weighted by atomic mass is 16.6. The number of anilines is 1. The van der Waals surface area contributed by atoms with Gasteiger partial charge in [0.2, 0.25) is 0 Å². The minimum Gasteiger partial charge on any atom is -0.496 e. The summed E-state index contributed by atoms with van der Waals surface area (Å²) < 4.78 is 11.1. The number of fused-ring (bicyclic) bond motifs is 1. The van der Waals surface area contributed by atoms with E-state index < -0.39 is 11.0 Å². The monoisotopic (exact) mass is 357 g/mol. The Balaban J connectivity index is 1.96. The molecule has 2 aromatic rings. The van der Waals surface area contributed by atoms with E-state index in [1.54, 1.807) is 19.2 Å². The zero-order valence-corrected chi connectivity index (χ0v) is 14.5. The van der Waals surface area contributed by atoms with E-state index in [0.29, 0.717) is 30.2 Å². The highest BCUT2D eigenvalue weighted by molar-refractivity contribution is 5.83. The van der Waals surface area contributed by atoms with E-state index in [1.807, 2.05) is 23.1 Å². The van der Waals surface area contributed by atoms with Gasteiger partial charge >= 0.3 is 0 Å². The van der Waals surface area contributed by atoms with Crippen LogP contribution >= 0.6 is 0 Å². The zero-order chi connectivity index (χ0) is 18.7. The molecule has 0 unspecified atom stereocenters. The number of likely N-dealkylation sites (N-methyl/N-ethyl adjacent to an activating group) is 1. The molecule has 0 fully saturated rings. The number of nitro benzene ring substituents is 1. The molecule has 3 rings (SSSR count).